The number of carbonyl (C=O) groups excluding carboxylic acids is 1. The summed E-state index contributed by atoms with van der Waals surface area (Å²) in [5.41, 5.74) is 0.730. The number of carbonyl (C=O) groups is 1. The molecule has 1 aliphatic rings. The highest BCUT2D eigenvalue weighted by Gasteiger charge is 2.23. The van der Waals surface area contributed by atoms with Gasteiger partial charge in [0.25, 0.3) is 6.20 Å². The van der Waals surface area contributed by atoms with Gasteiger partial charge in [-0.25, -0.2) is 14.8 Å². The molecule has 1 fully saturated rings. The zero-order chi connectivity index (χ0) is 21.5. The average molecular weight is 432 g/mol. The number of nitrogens with zero attached hydrogens (tertiary/aromatic N) is 6. The third-order valence-corrected chi connectivity index (χ3v) is 4.97. The number of esters is 1. The summed E-state index contributed by atoms with van der Waals surface area (Å²) in [6, 6.07) is 3.46. The van der Waals surface area contributed by atoms with Crippen molar-refractivity contribution in [1.29, 1.82) is 5.26 Å². The highest BCUT2D eigenvalue weighted by molar-refractivity contribution is 7.99. The van der Waals surface area contributed by atoms with Crippen LogP contribution in [0.3, 0.4) is 0 Å². The Morgan fingerprint density at radius 1 is 1.50 bits per heavy atom. The minimum atomic E-state index is -0.605. The van der Waals surface area contributed by atoms with Crippen molar-refractivity contribution in [1.82, 2.24) is 10.3 Å². The van der Waals surface area contributed by atoms with Crippen LogP contribution in [0.5, 0.6) is 0 Å². The monoisotopic (exact) mass is 432 g/mol. The first kappa shape index (κ1) is 21.5. The van der Waals surface area contributed by atoms with Crippen LogP contribution in [0.2, 0.25) is 0 Å². The second kappa shape index (κ2) is 10.0. The van der Waals surface area contributed by atoms with Gasteiger partial charge in [0, 0.05) is 11.4 Å². The van der Waals surface area contributed by atoms with Gasteiger partial charge in [0.15, 0.2) is 0 Å². The Labute approximate surface area is 176 Å². The van der Waals surface area contributed by atoms with E-state index in [0.717, 1.165) is 11.8 Å². The van der Waals surface area contributed by atoms with Crippen LogP contribution in [0.4, 0.5) is 5.88 Å². The molecule has 3 heterocycles. The molecule has 2 aromatic heterocycles. The van der Waals surface area contributed by atoms with Crippen LogP contribution in [-0.2, 0) is 9.47 Å². The van der Waals surface area contributed by atoms with E-state index in [9.17, 15) is 15.2 Å². The Morgan fingerprint density at radius 2 is 2.27 bits per heavy atom. The fraction of sp³-hybridized carbons (Fsp3) is 0.444. The van der Waals surface area contributed by atoms with Gasteiger partial charge in [-0.1, -0.05) is 11.8 Å². The minimum absolute atomic E-state index is 0.0667. The van der Waals surface area contributed by atoms with Gasteiger partial charge >= 0.3 is 11.9 Å². The number of ether oxygens (including phenoxy) is 2. The third kappa shape index (κ3) is 5.25. The van der Waals surface area contributed by atoms with Crippen molar-refractivity contribution < 1.29 is 28.7 Å². The first-order chi connectivity index (χ1) is 14.5. The lowest BCUT2D eigenvalue weighted by Gasteiger charge is -2.18. The molecule has 0 saturated carbocycles. The van der Waals surface area contributed by atoms with E-state index in [1.165, 1.54) is 17.1 Å². The van der Waals surface area contributed by atoms with E-state index in [1.54, 1.807) is 13.8 Å². The van der Waals surface area contributed by atoms with E-state index >= 15 is 0 Å². The second-order valence-corrected chi connectivity index (χ2v) is 7.11. The lowest BCUT2D eigenvalue weighted by molar-refractivity contribution is -0.759. The Bertz CT molecular complexity index is 980. The standard InChI is InChI=1S/C18H20N6O5S/c1-3-28-18(26)13-8-12(2)20-17(14(13)9-19)30-11-15(25)21-16-10-24(22-29-16)23-4-6-27-7-5-23/h8,10H,3-7,11H2,1-2H3. The van der Waals surface area contributed by atoms with Gasteiger partial charge in [-0.15, -0.1) is 5.01 Å². The van der Waals surface area contributed by atoms with Crippen molar-refractivity contribution in [2.75, 3.05) is 43.7 Å². The van der Waals surface area contributed by atoms with Crippen LogP contribution < -0.4 is 14.9 Å². The summed E-state index contributed by atoms with van der Waals surface area (Å²) in [6.45, 7) is 6.03. The van der Waals surface area contributed by atoms with Crippen molar-refractivity contribution in [2.24, 2.45) is 4.99 Å². The number of hydrogen-bond acceptors (Lipinski definition) is 11. The molecule has 0 bridgehead atoms. The van der Waals surface area contributed by atoms with Gasteiger partial charge in [-0.05, 0) is 25.8 Å². The Morgan fingerprint density at radius 3 is 2.97 bits per heavy atom. The van der Waals surface area contributed by atoms with Gasteiger partial charge in [0.05, 0.1) is 48.8 Å². The normalized spacial score (nSPS) is 14.4. The molecule has 0 aromatic carbocycles. The topological polar surface area (TPSA) is 141 Å². The van der Waals surface area contributed by atoms with E-state index in [-0.39, 0.29) is 34.4 Å². The van der Waals surface area contributed by atoms with Crippen molar-refractivity contribution >= 4 is 29.5 Å². The lowest BCUT2D eigenvalue weighted by Crippen LogP contribution is -2.62. The number of morpholine rings is 1. The number of nitriles is 1. The molecule has 1 aliphatic heterocycles. The Kier molecular flexibility index (Phi) is 7.21. The quantitative estimate of drug-likeness (QED) is 0.191. The lowest BCUT2D eigenvalue weighted by atomic mass is 10.1. The molecule has 11 nitrogen and oxygen atoms in total. The number of aliphatic imine (C=N–C) groups is 1. The van der Waals surface area contributed by atoms with Gasteiger partial charge in [-0.2, -0.15) is 5.26 Å². The summed E-state index contributed by atoms with van der Waals surface area (Å²) in [7, 11) is 0. The molecule has 158 valence electrons. The molecule has 12 heteroatoms. The summed E-state index contributed by atoms with van der Waals surface area (Å²) in [6.07, 6.45) is 1.51. The summed E-state index contributed by atoms with van der Waals surface area (Å²) in [5.74, 6) is -1.12. The van der Waals surface area contributed by atoms with Crippen molar-refractivity contribution in [3.05, 3.63) is 29.1 Å². The van der Waals surface area contributed by atoms with Gasteiger partial charge in [-0.3, -0.25) is 4.52 Å². The summed E-state index contributed by atoms with van der Waals surface area (Å²) in [5, 5.41) is 27.8. The van der Waals surface area contributed by atoms with Gasteiger partial charge < -0.3 is 14.6 Å². The van der Waals surface area contributed by atoms with Crippen molar-refractivity contribution in [2.45, 2.75) is 18.9 Å². The average Bonchev–Trinajstić information content (AvgIpc) is 3.21. The van der Waals surface area contributed by atoms with Gasteiger partial charge in [0.2, 0.25) is 5.27 Å². The van der Waals surface area contributed by atoms with E-state index in [4.69, 9.17) is 14.0 Å². The molecule has 0 spiro atoms. The van der Waals surface area contributed by atoms with E-state index in [1.807, 2.05) is 11.1 Å². The highest BCUT2D eigenvalue weighted by atomic mass is 32.2. The molecule has 3 rings (SSSR count). The van der Waals surface area contributed by atoms with Crippen LogP contribution in [0.25, 0.3) is 0 Å². The maximum Gasteiger partial charge on any atom is 0.339 e. The molecule has 30 heavy (non-hydrogen) atoms. The third-order valence-electron chi connectivity index (χ3n) is 4.01. The Hall–Kier alpha value is -3.17. The largest absolute Gasteiger partial charge is 0.861 e. The molecule has 0 amide bonds. The smallest absolute Gasteiger partial charge is 0.339 e. The number of thioether (sulfide) groups is 1. The van der Waals surface area contributed by atoms with Crippen molar-refractivity contribution in [3.8, 4) is 6.07 Å². The molecular weight excluding hydrogens is 412 g/mol. The van der Waals surface area contributed by atoms with Crippen LogP contribution in [0.15, 0.2) is 26.8 Å². The zero-order valence-corrected chi connectivity index (χ0v) is 17.3. The summed E-state index contributed by atoms with van der Waals surface area (Å²) >= 11 is 1.02. The predicted octanol–water partition coefficient (Wildman–Crippen LogP) is -0.135. The summed E-state index contributed by atoms with van der Waals surface area (Å²) in [4.78, 5) is 21.8. The fourth-order valence-corrected chi connectivity index (χ4v) is 3.52. The first-order valence-corrected chi connectivity index (χ1v) is 10.2. The number of rotatable bonds is 7. The number of aromatic nitrogens is 3. The molecule has 0 atom stereocenters. The number of aryl methyl sites for hydroxylation is 1. The molecule has 0 aliphatic carbocycles. The van der Waals surface area contributed by atoms with Crippen LogP contribution in [0, 0.1) is 18.3 Å². The SMILES string of the molecule is CCOC(=O)c1cc(C)nc(SC/C([O-])=N\c2c[n+](N3CCOCC3)no2)c1C#N. The number of pyridine rings is 1. The molecule has 1 saturated heterocycles. The molecular formula is C18H20N6O5S. The maximum atomic E-state index is 12.3. The zero-order valence-electron chi connectivity index (χ0n) is 16.5. The first-order valence-electron chi connectivity index (χ1n) is 9.19. The fourth-order valence-electron chi connectivity index (χ4n) is 2.68. The van der Waals surface area contributed by atoms with Crippen molar-refractivity contribution in [3.63, 3.8) is 0 Å². The van der Waals surface area contributed by atoms with E-state index in [0.29, 0.717) is 32.0 Å². The van der Waals surface area contributed by atoms with Crippen LogP contribution in [-0.4, -0.2) is 60.8 Å². The predicted molar refractivity (Wildman–Crippen MR) is 103 cm³/mol. The molecule has 2 aromatic rings. The molecule has 0 radical (unpaired) electrons. The van der Waals surface area contributed by atoms with E-state index < -0.39 is 11.9 Å². The van der Waals surface area contributed by atoms with E-state index in [2.05, 4.69) is 15.2 Å². The Balaban J connectivity index is 1.71. The molecule has 0 N–H and O–H groups in total. The maximum absolute atomic E-state index is 12.3. The highest BCUT2D eigenvalue weighted by Crippen LogP contribution is 2.25. The van der Waals surface area contributed by atoms with Crippen LogP contribution in [0.1, 0.15) is 28.5 Å². The molecule has 0 unspecified atom stereocenters. The number of hydrogen-bond donors (Lipinski definition) is 0. The van der Waals surface area contributed by atoms with Crippen LogP contribution >= 0.6 is 11.8 Å². The second-order valence-electron chi connectivity index (χ2n) is 6.14. The summed E-state index contributed by atoms with van der Waals surface area (Å²) < 4.78 is 15.4. The van der Waals surface area contributed by atoms with Gasteiger partial charge in [0.1, 0.15) is 11.1 Å². The minimum Gasteiger partial charge on any atom is -0.861 e.